The summed E-state index contributed by atoms with van der Waals surface area (Å²) in [4.78, 5) is 0. The molecule has 0 fully saturated rings. The van der Waals surface area contributed by atoms with E-state index in [2.05, 4.69) is 37.6 Å². The molecule has 0 saturated heterocycles. The van der Waals surface area contributed by atoms with Gasteiger partial charge in [-0.05, 0) is 24.4 Å². The van der Waals surface area contributed by atoms with E-state index >= 15 is 0 Å². The number of benzene rings is 1. The van der Waals surface area contributed by atoms with Gasteiger partial charge in [0.15, 0.2) is 0 Å². The highest BCUT2D eigenvalue weighted by Crippen LogP contribution is 2.15. The van der Waals surface area contributed by atoms with Crippen molar-refractivity contribution in [2.75, 3.05) is 6.54 Å². The first kappa shape index (κ1) is 8.28. The molecule has 1 rings (SSSR count). The normalized spacial score (nSPS) is 12.9. The van der Waals surface area contributed by atoms with E-state index in [0.717, 1.165) is 0 Å². The Morgan fingerprint density at radius 2 is 2.00 bits per heavy atom. The third-order valence-corrected chi connectivity index (χ3v) is 1.81. The average molecular weight is 148 g/mol. The summed E-state index contributed by atoms with van der Waals surface area (Å²) < 4.78 is 0. The molecule has 59 valence electrons. The molecular formula is C10H14N. The quantitative estimate of drug-likeness (QED) is 0.696. The van der Waals surface area contributed by atoms with Gasteiger partial charge in [-0.25, -0.2) is 0 Å². The van der Waals surface area contributed by atoms with E-state index in [9.17, 15) is 0 Å². The second-order valence-corrected chi connectivity index (χ2v) is 2.67. The molecule has 0 saturated carbocycles. The van der Waals surface area contributed by atoms with E-state index in [1.165, 1.54) is 5.56 Å². The summed E-state index contributed by atoms with van der Waals surface area (Å²) in [7, 11) is 0. The lowest BCUT2D eigenvalue weighted by Crippen LogP contribution is -2.05. The van der Waals surface area contributed by atoms with Gasteiger partial charge in [0.05, 0.1) is 0 Å². The SMILES string of the molecule is CC([CH]CN)c1ccccc1. The molecule has 1 aromatic carbocycles. The topological polar surface area (TPSA) is 26.0 Å². The van der Waals surface area contributed by atoms with Crippen LogP contribution in [0.25, 0.3) is 0 Å². The van der Waals surface area contributed by atoms with Gasteiger partial charge in [-0.3, -0.25) is 0 Å². The van der Waals surface area contributed by atoms with Gasteiger partial charge in [0.25, 0.3) is 0 Å². The number of rotatable bonds is 3. The van der Waals surface area contributed by atoms with Gasteiger partial charge in [0.2, 0.25) is 0 Å². The van der Waals surface area contributed by atoms with Crippen LogP contribution in [0.3, 0.4) is 0 Å². The van der Waals surface area contributed by atoms with Crippen LogP contribution >= 0.6 is 0 Å². The minimum atomic E-state index is 0.473. The zero-order valence-electron chi connectivity index (χ0n) is 6.83. The second-order valence-electron chi connectivity index (χ2n) is 2.67. The molecule has 0 spiro atoms. The highest BCUT2D eigenvalue weighted by molar-refractivity contribution is 5.21. The Morgan fingerprint density at radius 3 is 2.55 bits per heavy atom. The molecule has 0 bridgehead atoms. The minimum Gasteiger partial charge on any atom is -0.330 e. The van der Waals surface area contributed by atoms with Gasteiger partial charge in [0.1, 0.15) is 0 Å². The molecule has 0 aliphatic carbocycles. The van der Waals surface area contributed by atoms with E-state index in [-0.39, 0.29) is 0 Å². The van der Waals surface area contributed by atoms with Crippen LogP contribution in [-0.2, 0) is 0 Å². The van der Waals surface area contributed by atoms with Crippen molar-refractivity contribution in [1.82, 2.24) is 0 Å². The molecule has 1 unspecified atom stereocenters. The van der Waals surface area contributed by atoms with Crippen LogP contribution in [-0.4, -0.2) is 6.54 Å². The maximum atomic E-state index is 5.41. The molecule has 11 heavy (non-hydrogen) atoms. The van der Waals surface area contributed by atoms with Crippen LogP contribution in [0.2, 0.25) is 0 Å². The van der Waals surface area contributed by atoms with Crippen LogP contribution in [0, 0.1) is 6.42 Å². The Balaban J connectivity index is 2.61. The second kappa shape index (κ2) is 4.14. The van der Waals surface area contributed by atoms with Crippen molar-refractivity contribution < 1.29 is 0 Å². The van der Waals surface area contributed by atoms with Crippen molar-refractivity contribution in [3.63, 3.8) is 0 Å². The number of nitrogens with two attached hydrogens (primary N) is 1. The smallest absolute Gasteiger partial charge is 0.00398 e. The third-order valence-electron chi connectivity index (χ3n) is 1.81. The van der Waals surface area contributed by atoms with Gasteiger partial charge < -0.3 is 5.73 Å². The molecule has 0 aromatic heterocycles. The first-order valence-corrected chi connectivity index (χ1v) is 3.93. The fourth-order valence-electron chi connectivity index (χ4n) is 1.10. The van der Waals surface area contributed by atoms with Gasteiger partial charge >= 0.3 is 0 Å². The standard InChI is InChI=1S/C10H14N/c1-9(7-8-11)10-5-3-2-4-6-10/h2-7,9H,8,11H2,1H3. The van der Waals surface area contributed by atoms with Gasteiger partial charge in [-0.15, -0.1) is 0 Å². The highest BCUT2D eigenvalue weighted by atomic mass is 14.5. The third kappa shape index (κ3) is 2.35. The Morgan fingerprint density at radius 1 is 1.36 bits per heavy atom. The molecule has 1 aromatic rings. The Labute approximate surface area is 68.2 Å². The Kier molecular flexibility index (Phi) is 3.12. The highest BCUT2D eigenvalue weighted by Gasteiger charge is 2.01. The first-order chi connectivity index (χ1) is 5.34. The van der Waals surface area contributed by atoms with E-state index in [1.54, 1.807) is 0 Å². The summed E-state index contributed by atoms with van der Waals surface area (Å²) in [6.07, 6.45) is 2.11. The summed E-state index contributed by atoms with van der Waals surface area (Å²) in [5.74, 6) is 0.473. The van der Waals surface area contributed by atoms with Crippen molar-refractivity contribution in [3.05, 3.63) is 42.3 Å². The Hall–Kier alpha value is -0.820. The minimum absolute atomic E-state index is 0.473. The zero-order chi connectivity index (χ0) is 8.10. The average Bonchev–Trinajstić information content (AvgIpc) is 2.07. The maximum Gasteiger partial charge on any atom is -0.00398 e. The number of hydrogen-bond acceptors (Lipinski definition) is 1. The maximum absolute atomic E-state index is 5.41. The molecule has 0 amide bonds. The van der Waals surface area contributed by atoms with Gasteiger partial charge in [-0.2, -0.15) is 0 Å². The monoisotopic (exact) mass is 148 g/mol. The molecule has 0 aliphatic rings. The summed E-state index contributed by atoms with van der Waals surface area (Å²) in [5, 5.41) is 0. The van der Waals surface area contributed by atoms with Crippen LogP contribution in [0.15, 0.2) is 30.3 Å². The van der Waals surface area contributed by atoms with E-state index in [1.807, 2.05) is 6.07 Å². The van der Waals surface area contributed by atoms with Gasteiger partial charge in [-0.1, -0.05) is 37.3 Å². The predicted octanol–water partition coefficient (Wildman–Crippen LogP) is 1.95. The molecule has 0 heterocycles. The first-order valence-electron chi connectivity index (χ1n) is 3.93. The van der Waals surface area contributed by atoms with Crippen molar-refractivity contribution in [1.29, 1.82) is 0 Å². The van der Waals surface area contributed by atoms with Gasteiger partial charge in [0, 0.05) is 0 Å². The summed E-state index contributed by atoms with van der Waals surface area (Å²) in [5.41, 5.74) is 6.74. The van der Waals surface area contributed by atoms with Crippen LogP contribution in [0.5, 0.6) is 0 Å². The molecule has 1 radical (unpaired) electrons. The lowest BCUT2D eigenvalue weighted by molar-refractivity contribution is 0.849. The predicted molar refractivity (Wildman–Crippen MR) is 48.2 cm³/mol. The number of hydrogen-bond donors (Lipinski definition) is 1. The fourth-order valence-corrected chi connectivity index (χ4v) is 1.10. The van der Waals surface area contributed by atoms with Crippen LogP contribution < -0.4 is 5.73 Å². The van der Waals surface area contributed by atoms with Crippen molar-refractivity contribution in [2.45, 2.75) is 12.8 Å². The Bertz CT molecular complexity index is 193. The summed E-state index contributed by atoms with van der Waals surface area (Å²) in [6, 6.07) is 10.4. The van der Waals surface area contributed by atoms with E-state index < -0.39 is 0 Å². The van der Waals surface area contributed by atoms with Crippen LogP contribution in [0.4, 0.5) is 0 Å². The van der Waals surface area contributed by atoms with E-state index in [4.69, 9.17) is 5.73 Å². The lowest BCUT2D eigenvalue weighted by atomic mass is 9.98. The molecular weight excluding hydrogens is 134 g/mol. The molecule has 1 heteroatoms. The summed E-state index contributed by atoms with van der Waals surface area (Å²) >= 11 is 0. The lowest BCUT2D eigenvalue weighted by Gasteiger charge is -2.08. The molecule has 2 N–H and O–H groups in total. The zero-order valence-corrected chi connectivity index (χ0v) is 6.83. The van der Waals surface area contributed by atoms with Crippen LogP contribution in [0.1, 0.15) is 18.4 Å². The largest absolute Gasteiger partial charge is 0.330 e. The van der Waals surface area contributed by atoms with Crippen molar-refractivity contribution >= 4 is 0 Å². The molecule has 1 nitrogen and oxygen atoms in total. The molecule has 1 atom stereocenters. The summed E-state index contributed by atoms with van der Waals surface area (Å²) in [6.45, 7) is 2.80. The fraction of sp³-hybridized carbons (Fsp3) is 0.300. The van der Waals surface area contributed by atoms with Crippen molar-refractivity contribution in [3.8, 4) is 0 Å². The molecule has 0 aliphatic heterocycles. The van der Waals surface area contributed by atoms with E-state index in [0.29, 0.717) is 12.5 Å². The van der Waals surface area contributed by atoms with Crippen molar-refractivity contribution in [2.24, 2.45) is 5.73 Å².